The number of hydrogen-bond donors (Lipinski definition) is 1. The second-order valence-corrected chi connectivity index (χ2v) is 6.00. The van der Waals surface area contributed by atoms with Gasteiger partial charge in [-0.25, -0.2) is 0 Å². The summed E-state index contributed by atoms with van der Waals surface area (Å²) in [6, 6.07) is 17.7. The first-order valence-electron chi connectivity index (χ1n) is 6.87. The number of nitrogen functional groups attached to an aromatic ring is 1. The van der Waals surface area contributed by atoms with E-state index in [2.05, 4.69) is 0 Å². The number of amides is 1. The Bertz CT molecular complexity index is 601. The number of carbonyl (C=O) groups excluding carboxylic acids is 1. The molecule has 2 aromatic carbocycles. The predicted octanol–water partition coefficient (Wildman–Crippen LogP) is 3.58. The van der Waals surface area contributed by atoms with Crippen LogP contribution in [0.2, 0.25) is 0 Å². The molecule has 2 rings (SSSR count). The van der Waals surface area contributed by atoms with E-state index in [1.165, 1.54) is 11.8 Å². The first-order valence-corrected chi connectivity index (χ1v) is 7.85. The predicted molar refractivity (Wildman–Crippen MR) is 89.2 cm³/mol. The molecule has 2 N–H and O–H groups in total. The van der Waals surface area contributed by atoms with Crippen molar-refractivity contribution in [1.29, 1.82) is 0 Å². The molecule has 1 unspecified atom stereocenters. The van der Waals surface area contributed by atoms with E-state index in [-0.39, 0.29) is 11.9 Å². The SMILES string of the molecule is CC(c1ccccc1)N(C)C(=O)CSc1cccc(N)c1. The van der Waals surface area contributed by atoms with Crippen LogP contribution in [0.4, 0.5) is 5.69 Å². The third-order valence-corrected chi connectivity index (χ3v) is 4.46. The number of thioether (sulfide) groups is 1. The molecule has 0 fully saturated rings. The minimum absolute atomic E-state index is 0.0696. The Labute approximate surface area is 130 Å². The van der Waals surface area contributed by atoms with E-state index in [0.717, 1.165) is 16.1 Å². The number of nitrogens with zero attached hydrogens (tertiary/aromatic N) is 1. The van der Waals surface area contributed by atoms with E-state index in [9.17, 15) is 4.79 Å². The molecule has 0 aliphatic carbocycles. The van der Waals surface area contributed by atoms with Crippen LogP contribution in [0.5, 0.6) is 0 Å². The van der Waals surface area contributed by atoms with Crippen LogP contribution in [0.3, 0.4) is 0 Å². The summed E-state index contributed by atoms with van der Waals surface area (Å²) in [5.41, 5.74) is 7.60. The summed E-state index contributed by atoms with van der Waals surface area (Å²) >= 11 is 1.51. The van der Waals surface area contributed by atoms with Gasteiger partial charge in [-0.15, -0.1) is 11.8 Å². The highest BCUT2D eigenvalue weighted by atomic mass is 32.2. The number of rotatable bonds is 5. The fourth-order valence-electron chi connectivity index (χ4n) is 2.02. The second kappa shape index (κ2) is 7.18. The van der Waals surface area contributed by atoms with Crippen molar-refractivity contribution >= 4 is 23.4 Å². The van der Waals surface area contributed by atoms with E-state index < -0.39 is 0 Å². The molecule has 1 amide bonds. The summed E-state index contributed by atoms with van der Waals surface area (Å²) in [7, 11) is 1.85. The van der Waals surface area contributed by atoms with Gasteiger partial charge in [0.25, 0.3) is 0 Å². The summed E-state index contributed by atoms with van der Waals surface area (Å²) < 4.78 is 0. The third kappa shape index (κ3) is 4.26. The van der Waals surface area contributed by atoms with Crippen molar-refractivity contribution in [2.24, 2.45) is 0 Å². The Morgan fingerprint density at radius 3 is 2.57 bits per heavy atom. The Kier molecular flexibility index (Phi) is 5.28. The highest BCUT2D eigenvalue weighted by Crippen LogP contribution is 2.23. The molecule has 3 nitrogen and oxygen atoms in total. The molecule has 0 radical (unpaired) electrons. The van der Waals surface area contributed by atoms with E-state index in [4.69, 9.17) is 5.73 Å². The van der Waals surface area contributed by atoms with Crippen LogP contribution in [0.1, 0.15) is 18.5 Å². The Morgan fingerprint density at radius 2 is 1.90 bits per heavy atom. The maximum atomic E-state index is 12.3. The monoisotopic (exact) mass is 300 g/mol. The molecule has 0 spiro atoms. The zero-order valence-electron chi connectivity index (χ0n) is 12.3. The normalized spacial score (nSPS) is 11.9. The second-order valence-electron chi connectivity index (χ2n) is 4.95. The number of nitrogens with two attached hydrogens (primary N) is 1. The van der Waals surface area contributed by atoms with Crippen molar-refractivity contribution in [3.8, 4) is 0 Å². The molecule has 0 aliphatic rings. The quantitative estimate of drug-likeness (QED) is 0.678. The number of carbonyl (C=O) groups is 1. The van der Waals surface area contributed by atoms with Crippen molar-refractivity contribution in [1.82, 2.24) is 4.90 Å². The third-order valence-electron chi connectivity index (χ3n) is 3.48. The fourth-order valence-corrected chi connectivity index (χ4v) is 2.91. The number of benzene rings is 2. The first kappa shape index (κ1) is 15.4. The molecule has 0 aliphatic heterocycles. The maximum Gasteiger partial charge on any atom is 0.233 e. The van der Waals surface area contributed by atoms with Crippen LogP contribution >= 0.6 is 11.8 Å². The zero-order valence-corrected chi connectivity index (χ0v) is 13.1. The molecule has 0 aromatic heterocycles. The lowest BCUT2D eigenvalue weighted by molar-refractivity contribution is -0.128. The van der Waals surface area contributed by atoms with E-state index in [1.54, 1.807) is 4.90 Å². The molecular formula is C17H20N2OS. The van der Waals surface area contributed by atoms with Gasteiger partial charge in [-0.05, 0) is 30.7 Å². The summed E-state index contributed by atoms with van der Waals surface area (Å²) in [5.74, 6) is 0.524. The van der Waals surface area contributed by atoms with E-state index >= 15 is 0 Å². The molecule has 2 aromatic rings. The standard InChI is InChI=1S/C17H20N2OS/c1-13(14-7-4-3-5-8-14)19(2)17(20)12-21-16-10-6-9-15(18)11-16/h3-11,13H,12,18H2,1-2H3. The van der Waals surface area contributed by atoms with Crippen molar-refractivity contribution in [2.45, 2.75) is 17.9 Å². The molecule has 1 atom stereocenters. The summed E-state index contributed by atoms with van der Waals surface area (Å²) in [4.78, 5) is 15.1. The van der Waals surface area contributed by atoms with Crippen molar-refractivity contribution < 1.29 is 4.79 Å². The lowest BCUT2D eigenvalue weighted by atomic mass is 10.1. The smallest absolute Gasteiger partial charge is 0.233 e. The van der Waals surface area contributed by atoms with Gasteiger partial charge in [0.15, 0.2) is 0 Å². The highest BCUT2D eigenvalue weighted by molar-refractivity contribution is 8.00. The molecule has 0 heterocycles. The Hall–Kier alpha value is -1.94. The Balaban J connectivity index is 1.94. The molecule has 0 saturated carbocycles. The van der Waals surface area contributed by atoms with Crippen LogP contribution in [0.25, 0.3) is 0 Å². The van der Waals surface area contributed by atoms with Crippen molar-refractivity contribution in [3.05, 3.63) is 60.2 Å². The summed E-state index contributed by atoms with van der Waals surface area (Å²) in [5, 5.41) is 0. The molecule has 4 heteroatoms. The summed E-state index contributed by atoms with van der Waals surface area (Å²) in [6.07, 6.45) is 0. The van der Waals surface area contributed by atoms with Gasteiger partial charge in [0.05, 0.1) is 11.8 Å². The fraction of sp³-hybridized carbons (Fsp3) is 0.235. The van der Waals surface area contributed by atoms with Crippen LogP contribution in [0.15, 0.2) is 59.5 Å². The average molecular weight is 300 g/mol. The minimum Gasteiger partial charge on any atom is -0.399 e. The minimum atomic E-state index is 0.0696. The molecule has 21 heavy (non-hydrogen) atoms. The van der Waals surface area contributed by atoms with Crippen LogP contribution in [-0.2, 0) is 4.79 Å². The largest absolute Gasteiger partial charge is 0.399 e. The van der Waals surface area contributed by atoms with Gasteiger partial charge in [0.1, 0.15) is 0 Å². The maximum absolute atomic E-state index is 12.3. The van der Waals surface area contributed by atoms with Crippen LogP contribution in [-0.4, -0.2) is 23.6 Å². The van der Waals surface area contributed by atoms with Gasteiger partial charge in [-0.3, -0.25) is 4.79 Å². The molecule has 0 saturated heterocycles. The van der Waals surface area contributed by atoms with Gasteiger partial charge >= 0.3 is 0 Å². The van der Waals surface area contributed by atoms with E-state index in [1.807, 2.05) is 68.6 Å². The molecule has 110 valence electrons. The molecular weight excluding hydrogens is 280 g/mol. The van der Waals surface area contributed by atoms with Gasteiger partial charge < -0.3 is 10.6 Å². The van der Waals surface area contributed by atoms with Gasteiger partial charge in [0, 0.05) is 17.6 Å². The van der Waals surface area contributed by atoms with Gasteiger partial charge in [-0.1, -0.05) is 36.4 Å². The Morgan fingerprint density at radius 1 is 1.19 bits per heavy atom. The lowest BCUT2D eigenvalue weighted by Crippen LogP contribution is -2.31. The highest BCUT2D eigenvalue weighted by Gasteiger charge is 2.17. The van der Waals surface area contributed by atoms with Crippen molar-refractivity contribution in [3.63, 3.8) is 0 Å². The summed E-state index contributed by atoms with van der Waals surface area (Å²) in [6.45, 7) is 2.04. The number of hydrogen-bond acceptors (Lipinski definition) is 3. The van der Waals surface area contributed by atoms with E-state index in [0.29, 0.717) is 5.75 Å². The van der Waals surface area contributed by atoms with Gasteiger partial charge in [-0.2, -0.15) is 0 Å². The number of anilines is 1. The zero-order chi connectivity index (χ0) is 15.2. The van der Waals surface area contributed by atoms with Gasteiger partial charge in [0.2, 0.25) is 5.91 Å². The van der Waals surface area contributed by atoms with Crippen LogP contribution in [0, 0.1) is 0 Å². The first-order chi connectivity index (χ1) is 10.1. The molecule has 0 bridgehead atoms. The van der Waals surface area contributed by atoms with Crippen LogP contribution < -0.4 is 5.73 Å². The lowest BCUT2D eigenvalue weighted by Gasteiger charge is -2.25. The average Bonchev–Trinajstić information content (AvgIpc) is 2.52. The topological polar surface area (TPSA) is 46.3 Å². The van der Waals surface area contributed by atoms with Crippen molar-refractivity contribution in [2.75, 3.05) is 18.5 Å².